The van der Waals surface area contributed by atoms with E-state index < -0.39 is 0 Å². The van der Waals surface area contributed by atoms with Crippen LogP contribution in [0.4, 0.5) is 0 Å². The van der Waals surface area contributed by atoms with E-state index in [1.807, 2.05) is 6.20 Å². The zero-order valence-corrected chi connectivity index (χ0v) is 10.6. The molecular weight excluding hydrogens is 224 g/mol. The Balaban J connectivity index is 1.88. The van der Waals surface area contributed by atoms with E-state index >= 15 is 0 Å². The molecule has 0 aliphatic carbocycles. The van der Waals surface area contributed by atoms with Crippen molar-refractivity contribution < 1.29 is 4.79 Å². The van der Waals surface area contributed by atoms with Gasteiger partial charge in [0.2, 0.25) is 0 Å². The van der Waals surface area contributed by atoms with Crippen LogP contribution in [-0.2, 0) is 11.2 Å². The quantitative estimate of drug-likeness (QED) is 0.848. The topological polar surface area (TPSA) is 44.9 Å². The summed E-state index contributed by atoms with van der Waals surface area (Å²) in [7, 11) is 0. The van der Waals surface area contributed by atoms with Crippen LogP contribution in [0.3, 0.4) is 0 Å². The van der Waals surface area contributed by atoms with E-state index in [-0.39, 0.29) is 5.92 Å². The van der Waals surface area contributed by atoms with Gasteiger partial charge < -0.3 is 10.3 Å². The Morgan fingerprint density at radius 3 is 3.11 bits per heavy atom. The number of aromatic amines is 1. The lowest BCUT2D eigenvalue weighted by Crippen LogP contribution is -2.37. The molecule has 1 aromatic heterocycles. The molecule has 1 fully saturated rings. The SMILES string of the molecule is Cc1ccc2c(CC3CNCCC3=O)c[nH]c2c1. The van der Waals surface area contributed by atoms with Crippen molar-refractivity contribution in [1.29, 1.82) is 0 Å². The first-order valence-electron chi connectivity index (χ1n) is 6.54. The number of piperidine rings is 1. The Hall–Kier alpha value is -1.61. The van der Waals surface area contributed by atoms with Crippen LogP contribution in [0.5, 0.6) is 0 Å². The van der Waals surface area contributed by atoms with Gasteiger partial charge in [-0.15, -0.1) is 0 Å². The number of benzene rings is 1. The van der Waals surface area contributed by atoms with Gasteiger partial charge in [0.25, 0.3) is 0 Å². The van der Waals surface area contributed by atoms with E-state index in [0.717, 1.165) is 19.5 Å². The van der Waals surface area contributed by atoms with E-state index in [1.54, 1.807) is 0 Å². The van der Waals surface area contributed by atoms with Crippen LogP contribution in [0.15, 0.2) is 24.4 Å². The summed E-state index contributed by atoms with van der Waals surface area (Å²) in [6.45, 7) is 3.74. The predicted molar refractivity (Wildman–Crippen MR) is 72.7 cm³/mol. The summed E-state index contributed by atoms with van der Waals surface area (Å²) in [5, 5.41) is 4.55. The summed E-state index contributed by atoms with van der Waals surface area (Å²) in [6, 6.07) is 6.43. The first-order valence-corrected chi connectivity index (χ1v) is 6.54. The molecular formula is C15H18N2O. The fourth-order valence-corrected chi connectivity index (χ4v) is 2.73. The summed E-state index contributed by atoms with van der Waals surface area (Å²) in [4.78, 5) is 15.2. The number of hydrogen-bond donors (Lipinski definition) is 2. The first kappa shape index (κ1) is 11.5. The third-order valence-corrected chi connectivity index (χ3v) is 3.78. The van der Waals surface area contributed by atoms with Gasteiger partial charge in [0.15, 0.2) is 0 Å². The van der Waals surface area contributed by atoms with Crippen molar-refractivity contribution in [1.82, 2.24) is 10.3 Å². The molecule has 0 bridgehead atoms. The number of H-pyrrole nitrogens is 1. The molecule has 18 heavy (non-hydrogen) atoms. The second kappa shape index (κ2) is 4.58. The molecule has 94 valence electrons. The van der Waals surface area contributed by atoms with Crippen LogP contribution in [-0.4, -0.2) is 23.9 Å². The van der Waals surface area contributed by atoms with Crippen molar-refractivity contribution in [3.05, 3.63) is 35.5 Å². The highest BCUT2D eigenvalue weighted by Gasteiger charge is 2.22. The van der Waals surface area contributed by atoms with Gasteiger partial charge in [-0.1, -0.05) is 12.1 Å². The minimum atomic E-state index is 0.138. The Labute approximate surface area is 107 Å². The third kappa shape index (κ3) is 2.06. The number of nitrogens with one attached hydrogen (secondary N) is 2. The number of hydrogen-bond acceptors (Lipinski definition) is 2. The number of carbonyl (C=O) groups is 1. The largest absolute Gasteiger partial charge is 0.361 e. The summed E-state index contributed by atoms with van der Waals surface area (Å²) >= 11 is 0. The second-order valence-corrected chi connectivity index (χ2v) is 5.18. The van der Waals surface area contributed by atoms with Gasteiger partial charge in [0, 0.05) is 42.5 Å². The van der Waals surface area contributed by atoms with Gasteiger partial charge in [-0.3, -0.25) is 4.79 Å². The van der Waals surface area contributed by atoms with E-state index in [4.69, 9.17) is 0 Å². The Morgan fingerprint density at radius 1 is 1.39 bits per heavy atom. The molecule has 1 aliphatic heterocycles. The second-order valence-electron chi connectivity index (χ2n) is 5.18. The number of fused-ring (bicyclic) bond motifs is 1. The van der Waals surface area contributed by atoms with Gasteiger partial charge in [-0.25, -0.2) is 0 Å². The molecule has 1 saturated heterocycles. The lowest BCUT2D eigenvalue weighted by Gasteiger charge is -2.21. The van der Waals surface area contributed by atoms with Crippen molar-refractivity contribution in [2.24, 2.45) is 5.92 Å². The maximum atomic E-state index is 11.9. The molecule has 2 aromatic rings. The van der Waals surface area contributed by atoms with Crippen molar-refractivity contribution in [2.45, 2.75) is 19.8 Å². The fraction of sp³-hybridized carbons (Fsp3) is 0.400. The van der Waals surface area contributed by atoms with Crippen LogP contribution in [0.2, 0.25) is 0 Å². The number of aryl methyl sites for hydroxylation is 1. The van der Waals surface area contributed by atoms with Gasteiger partial charge in [0.1, 0.15) is 5.78 Å². The molecule has 0 radical (unpaired) electrons. The van der Waals surface area contributed by atoms with E-state index in [9.17, 15) is 4.79 Å². The summed E-state index contributed by atoms with van der Waals surface area (Å²) in [6.07, 6.45) is 3.56. The summed E-state index contributed by atoms with van der Waals surface area (Å²) < 4.78 is 0. The molecule has 0 saturated carbocycles. The smallest absolute Gasteiger partial charge is 0.138 e. The molecule has 3 heteroatoms. The zero-order chi connectivity index (χ0) is 12.5. The Bertz CT molecular complexity index is 585. The molecule has 1 aromatic carbocycles. The molecule has 0 amide bonds. The minimum absolute atomic E-state index is 0.138. The normalized spacial score (nSPS) is 20.5. The van der Waals surface area contributed by atoms with E-state index in [2.05, 4.69) is 35.4 Å². The molecule has 1 aliphatic rings. The maximum Gasteiger partial charge on any atom is 0.138 e. The van der Waals surface area contributed by atoms with Gasteiger partial charge in [-0.05, 0) is 30.5 Å². The van der Waals surface area contributed by atoms with Crippen molar-refractivity contribution in [3.63, 3.8) is 0 Å². The van der Waals surface area contributed by atoms with Crippen LogP contribution < -0.4 is 5.32 Å². The first-order chi connectivity index (χ1) is 8.74. The van der Waals surface area contributed by atoms with Gasteiger partial charge in [-0.2, -0.15) is 0 Å². The number of ketones is 1. The van der Waals surface area contributed by atoms with Crippen molar-refractivity contribution in [3.8, 4) is 0 Å². The van der Waals surface area contributed by atoms with Gasteiger partial charge >= 0.3 is 0 Å². The lowest BCUT2D eigenvalue weighted by molar-refractivity contribution is -0.123. The summed E-state index contributed by atoms with van der Waals surface area (Å²) in [5.74, 6) is 0.536. The molecule has 1 unspecified atom stereocenters. The third-order valence-electron chi connectivity index (χ3n) is 3.78. The van der Waals surface area contributed by atoms with Crippen LogP contribution in [0, 0.1) is 12.8 Å². The Kier molecular flexibility index (Phi) is 2.92. The summed E-state index contributed by atoms with van der Waals surface area (Å²) in [5.41, 5.74) is 3.68. The van der Waals surface area contributed by atoms with E-state index in [1.165, 1.54) is 22.0 Å². The highest BCUT2D eigenvalue weighted by atomic mass is 16.1. The molecule has 1 atom stereocenters. The lowest BCUT2D eigenvalue weighted by atomic mass is 9.91. The van der Waals surface area contributed by atoms with Crippen LogP contribution in [0.25, 0.3) is 10.9 Å². The molecule has 3 rings (SSSR count). The average molecular weight is 242 g/mol. The van der Waals surface area contributed by atoms with E-state index in [0.29, 0.717) is 12.2 Å². The van der Waals surface area contributed by atoms with Crippen LogP contribution in [0.1, 0.15) is 17.5 Å². The average Bonchev–Trinajstić information content (AvgIpc) is 2.74. The van der Waals surface area contributed by atoms with Crippen LogP contribution >= 0.6 is 0 Å². The standard InChI is InChI=1S/C15H18N2O/c1-10-2-3-13-11(9-17-14(13)6-10)7-12-8-16-5-4-15(12)18/h2-3,6,9,12,16-17H,4-5,7-8H2,1H3. The fourth-order valence-electron chi connectivity index (χ4n) is 2.73. The number of rotatable bonds is 2. The number of Topliss-reactive ketones (excluding diaryl/α,β-unsaturated/α-hetero) is 1. The minimum Gasteiger partial charge on any atom is -0.361 e. The number of carbonyl (C=O) groups excluding carboxylic acids is 1. The van der Waals surface area contributed by atoms with Gasteiger partial charge in [0.05, 0.1) is 0 Å². The van der Waals surface area contributed by atoms with Crippen molar-refractivity contribution >= 4 is 16.7 Å². The predicted octanol–water partition coefficient (Wildman–Crippen LogP) is 2.20. The monoisotopic (exact) mass is 242 g/mol. The van der Waals surface area contributed by atoms with Crippen molar-refractivity contribution in [2.75, 3.05) is 13.1 Å². The molecule has 2 N–H and O–H groups in total. The number of aromatic nitrogens is 1. The molecule has 3 nitrogen and oxygen atoms in total. The molecule has 2 heterocycles. The molecule has 0 spiro atoms. The zero-order valence-electron chi connectivity index (χ0n) is 10.6. The highest BCUT2D eigenvalue weighted by molar-refractivity contribution is 5.86. The maximum absolute atomic E-state index is 11.9. The Morgan fingerprint density at radius 2 is 2.28 bits per heavy atom. The highest BCUT2D eigenvalue weighted by Crippen LogP contribution is 2.23.